The Labute approximate surface area is 564 Å². The first-order valence-corrected chi connectivity index (χ1v) is 63.0. The summed E-state index contributed by atoms with van der Waals surface area (Å²) in [6.45, 7) is 5.06. The van der Waals surface area contributed by atoms with Gasteiger partial charge in [-0.15, -0.1) is 0 Å². The zero-order valence-electron chi connectivity index (χ0n) is 24.4. The molecule has 0 atom stereocenters. The van der Waals surface area contributed by atoms with Crippen molar-refractivity contribution in [3.05, 3.63) is 11.1 Å². The summed E-state index contributed by atoms with van der Waals surface area (Å²) in [6, 6.07) is 0. The summed E-state index contributed by atoms with van der Waals surface area (Å²) in [5.41, 5.74) is 3.66. The van der Waals surface area contributed by atoms with Crippen LogP contribution in [0.2, 0.25) is 0 Å². The third kappa shape index (κ3) is 9.61. The van der Waals surface area contributed by atoms with Gasteiger partial charge in [0.15, 0.2) is 0 Å². The van der Waals surface area contributed by atoms with E-state index in [-0.39, 0.29) is 0 Å². The van der Waals surface area contributed by atoms with Gasteiger partial charge in [-0.25, -0.2) is 0 Å². The Balaban J connectivity index is 2.10. The molecular formula is C22H18Ra12S. The second-order valence-corrected chi connectivity index (χ2v) is 61.3. The van der Waals surface area contributed by atoms with Crippen molar-refractivity contribution in [2.24, 2.45) is 0 Å². The Morgan fingerprint density at radius 2 is 0.571 bits per heavy atom. The molecule has 4 rings (SSSR count). The summed E-state index contributed by atoms with van der Waals surface area (Å²) in [4.78, 5) is 3.86. The molecule has 35 heavy (non-hydrogen) atoms. The topological polar surface area (TPSA) is 0 Å². The Morgan fingerprint density at radius 3 is 0.886 bits per heavy atom. The first kappa shape index (κ1) is 43.1. The van der Waals surface area contributed by atoms with Crippen LogP contribution in [0.4, 0.5) is 0 Å². The van der Waals surface area contributed by atoms with Crippen LogP contribution in [0.3, 0.4) is 0 Å². The van der Waals surface area contributed by atoms with Crippen molar-refractivity contribution in [2.75, 3.05) is 0 Å². The molecular weight excluding hydrogens is 3010 g/mol. The van der Waals surface area contributed by atoms with Gasteiger partial charge in [-0.3, -0.25) is 0 Å². The van der Waals surface area contributed by atoms with Gasteiger partial charge < -0.3 is 0 Å². The van der Waals surface area contributed by atoms with E-state index in [1.165, 1.54) is 0 Å². The number of hydrogen-bond donors (Lipinski definition) is 0. The van der Waals surface area contributed by atoms with E-state index in [1.807, 2.05) is 49.7 Å². The number of rotatable bonds is 2. The van der Waals surface area contributed by atoms with Crippen LogP contribution in [0.5, 0.6) is 0 Å². The van der Waals surface area contributed by atoms with E-state index in [2.05, 4.69) is 25.6 Å². The molecule has 4 aromatic rings. The van der Waals surface area contributed by atoms with Gasteiger partial charge in [0.25, 0.3) is 0 Å². The first-order valence-electron chi connectivity index (χ1n) is 12.9. The van der Waals surface area contributed by atoms with Crippen molar-refractivity contribution in [3.63, 3.8) is 0 Å². The predicted octanol–water partition coefficient (Wildman–Crippen LogP) is -6.36. The van der Waals surface area contributed by atoms with E-state index >= 15 is 0 Å². The van der Waals surface area contributed by atoms with Crippen LogP contribution >= 0.6 is 11.8 Å². The summed E-state index contributed by atoms with van der Waals surface area (Å²) in [6.07, 6.45) is 0. The van der Waals surface area contributed by atoms with Crippen LogP contribution in [-0.4, -0.2) is 0 Å². The van der Waals surface area contributed by atoms with Crippen molar-refractivity contribution < 1.29 is 514 Å². The number of hydrogen-bond acceptors (Lipinski definition) is 1. The molecule has 0 saturated carbocycles. The monoisotopic (exact) mass is 3030 g/mol. The fraction of sp³-hybridized carbons (Fsp3) is 0.0909. The van der Waals surface area contributed by atoms with Crippen molar-refractivity contribution in [1.29, 1.82) is 0 Å². The SMILES string of the molecule is Cc1[c]([RaH])[c]([RaH])c2[c]([RaH])c(Sc3[c]([RaH])[c]([RaH])c4[c]([RaH])c(C)[c]([RaH])[c]([RaH])c4[c]3[RaH])[c]([RaH])[c]([RaH])c2[c]1[RaH]. The van der Waals surface area contributed by atoms with Gasteiger partial charge in [0.1, 0.15) is 0 Å². The fourth-order valence-electron chi connectivity index (χ4n) is 6.41. The average molecular weight is 3030 g/mol. The minimum absolute atomic E-state index is 0.418. The standard InChI is InChI=1S/C22H6S.12Ra.12H/c1-15-3-5-19-13-21(9-7-17(19)11-15)23-22-10-8-18-12-16(2)4-6-20(18)14-22;;;;;;;;;;;;;;;;;;;;;;;;/h1-2H3;;;;;;;;;;;;;;;;;;;;;;;;. The number of fused-ring (bicyclic) bond motifs is 2. The molecule has 13 heteroatoms. The van der Waals surface area contributed by atoms with Gasteiger partial charge in [0.05, 0.1) is 0 Å². The second-order valence-electron chi connectivity index (χ2n) is 11.0. The van der Waals surface area contributed by atoms with Gasteiger partial charge in [-0.2, -0.15) is 0 Å². The predicted molar refractivity (Wildman–Crippen MR) is 114 cm³/mol. The molecule has 136 valence electrons. The molecule has 0 saturated heterocycles. The van der Waals surface area contributed by atoms with E-state index in [0.717, 1.165) is 0 Å². The molecule has 0 unspecified atom stereocenters. The van der Waals surface area contributed by atoms with Crippen LogP contribution < -0.4 is 7.25 Å². The fourth-order valence-corrected chi connectivity index (χ4v) is 124. The molecule has 0 N–H and O–H groups in total. The van der Waals surface area contributed by atoms with E-state index < -0.39 is 0 Å². The summed E-state index contributed by atoms with van der Waals surface area (Å²) in [5.74, 6) is 0. The van der Waals surface area contributed by atoms with Crippen molar-refractivity contribution >= 4 is 40.6 Å². The molecule has 0 aromatic heterocycles. The Morgan fingerprint density at radius 1 is 0.314 bits per heavy atom. The molecule has 0 aliphatic carbocycles. The van der Waals surface area contributed by atoms with Crippen molar-refractivity contribution in [2.45, 2.75) is 23.6 Å². The molecule has 0 radical (unpaired) electrons. The molecule has 0 heterocycles. The van der Waals surface area contributed by atoms with Crippen LogP contribution in [0.1, 0.15) is 11.1 Å². The minimum atomic E-state index is 0.418. The van der Waals surface area contributed by atoms with Crippen LogP contribution in [0.25, 0.3) is 21.5 Å². The van der Waals surface area contributed by atoms with Crippen molar-refractivity contribution in [3.8, 4) is 0 Å². The Bertz CT molecular complexity index is 1490. The summed E-state index contributed by atoms with van der Waals surface area (Å²) >= 11 is 8.00. The third-order valence-corrected chi connectivity index (χ3v) is 146. The molecule has 0 fully saturated rings. The van der Waals surface area contributed by atoms with Gasteiger partial charge in [0, 0.05) is 0 Å². The van der Waals surface area contributed by atoms with Crippen LogP contribution in [0, 0.1) is 527 Å². The molecule has 0 nitrogen and oxygen atoms in total. The van der Waals surface area contributed by atoms with Gasteiger partial charge in [0.2, 0.25) is 0 Å². The van der Waals surface area contributed by atoms with Gasteiger partial charge in [-0.1, -0.05) is 0 Å². The summed E-state index contributed by atoms with van der Waals surface area (Å²) in [7, 11) is 0. The molecule has 0 amide bonds. The summed E-state index contributed by atoms with van der Waals surface area (Å²) < 4.78 is 23.8. The molecule has 4 aromatic carbocycles. The molecule has 0 aliphatic heterocycles. The molecule has 0 aliphatic rings. The van der Waals surface area contributed by atoms with E-state index in [1.54, 1.807) is 0 Å². The third-order valence-electron chi connectivity index (χ3n) is 9.57. The van der Waals surface area contributed by atoms with E-state index in [9.17, 15) is 0 Å². The van der Waals surface area contributed by atoms with Crippen LogP contribution in [0.15, 0.2) is 9.79 Å². The van der Waals surface area contributed by atoms with Crippen LogP contribution in [-0.2, 0) is 0 Å². The van der Waals surface area contributed by atoms with Gasteiger partial charge >= 0.3 is 589 Å². The normalized spacial score (nSPS) is 11.1. The second kappa shape index (κ2) is 19.8. The maximum absolute atomic E-state index is 2.53. The molecule has 0 spiro atoms. The first-order chi connectivity index (χ1) is 16.2. The molecule has 0 bridgehead atoms. The quantitative estimate of drug-likeness (QED) is 0.193. The van der Waals surface area contributed by atoms with Crippen molar-refractivity contribution in [1.82, 2.24) is 0 Å². The Kier molecular flexibility index (Phi) is 24.4. The number of benzene rings is 4. The maximum atomic E-state index is 2.53. The van der Waals surface area contributed by atoms with Gasteiger partial charge in [-0.05, 0) is 0 Å². The summed E-state index contributed by atoms with van der Waals surface area (Å²) in [5, 5.41) is 7.79. The van der Waals surface area contributed by atoms with E-state index in [4.69, 9.17) is 0 Å². The Hall–Kier alpha value is 15.4. The van der Waals surface area contributed by atoms with E-state index in [0.29, 0.717) is 514 Å². The zero-order chi connectivity index (χ0) is 26.3. The average Bonchev–Trinajstić information content (AvgIpc) is 2.82. The zero-order valence-corrected chi connectivity index (χ0v) is 124.